The number of aliphatic imine (C=N–C) groups is 1. The van der Waals surface area contributed by atoms with Gasteiger partial charge in [-0.2, -0.15) is 13.2 Å². The van der Waals surface area contributed by atoms with Crippen molar-refractivity contribution in [2.24, 2.45) is 10.7 Å². The van der Waals surface area contributed by atoms with Gasteiger partial charge in [0, 0.05) is 17.7 Å². The molecule has 0 bridgehead atoms. The summed E-state index contributed by atoms with van der Waals surface area (Å²) in [5, 5.41) is 2.07. The third-order valence-electron chi connectivity index (χ3n) is 4.64. The van der Waals surface area contributed by atoms with Gasteiger partial charge in [0.2, 0.25) is 0 Å². The van der Waals surface area contributed by atoms with Crippen molar-refractivity contribution in [2.45, 2.75) is 31.2 Å². The van der Waals surface area contributed by atoms with Crippen LogP contribution < -0.4 is 15.8 Å². The van der Waals surface area contributed by atoms with Gasteiger partial charge in [0.05, 0.1) is 23.9 Å². The Balaban J connectivity index is 1.95. The molecular formula is C19H17ClF4N4O3. The number of methoxy groups -OCH3 is 1. The first-order chi connectivity index (χ1) is 14.4. The maximum absolute atomic E-state index is 14.8. The summed E-state index contributed by atoms with van der Waals surface area (Å²) in [6.45, 7) is 1.27. The first-order valence-corrected chi connectivity index (χ1v) is 9.20. The van der Waals surface area contributed by atoms with Gasteiger partial charge in [0.1, 0.15) is 17.3 Å². The van der Waals surface area contributed by atoms with E-state index in [0.29, 0.717) is 5.75 Å². The smallest absolute Gasteiger partial charge is 0.425 e. The number of alkyl halides is 3. The number of nitrogens with one attached hydrogen (secondary N) is 1. The van der Waals surface area contributed by atoms with Crippen LogP contribution in [-0.4, -0.2) is 36.3 Å². The van der Waals surface area contributed by atoms with Crippen LogP contribution in [0.5, 0.6) is 5.75 Å². The number of rotatable bonds is 4. The first-order valence-electron chi connectivity index (χ1n) is 8.82. The quantitative estimate of drug-likeness (QED) is 0.671. The molecule has 0 aliphatic carbocycles. The van der Waals surface area contributed by atoms with Crippen molar-refractivity contribution in [3.8, 4) is 5.75 Å². The predicted octanol–water partition coefficient (Wildman–Crippen LogP) is 4.02. The van der Waals surface area contributed by atoms with Gasteiger partial charge in [0.25, 0.3) is 11.9 Å². The van der Waals surface area contributed by atoms with Crippen molar-refractivity contribution in [3.63, 3.8) is 0 Å². The third kappa shape index (κ3) is 4.82. The highest BCUT2D eigenvalue weighted by Crippen LogP contribution is 2.42. The van der Waals surface area contributed by atoms with Crippen molar-refractivity contribution in [1.29, 1.82) is 0 Å². The van der Waals surface area contributed by atoms with E-state index in [2.05, 4.69) is 20.0 Å². The van der Waals surface area contributed by atoms with Crippen LogP contribution >= 0.6 is 11.6 Å². The SMILES string of the molecule is COc1ccc(C(=O)Nc2cc(Cl)c(F)c(C3(C)CC(C(F)(F)F)OC(N)=N3)c2)nc1. The predicted molar refractivity (Wildman–Crippen MR) is 105 cm³/mol. The molecule has 1 amide bonds. The van der Waals surface area contributed by atoms with E-state index >= 15 is 0 Å². The molecule has 3 N–H and O–H groups in total. The van der Waals surface area contributed by atoms with Gasteiger partial charge in [-0.15, -0.1) is 0 Å². The fourth-order valence-electron chi connectivity index (χ4n) is 3.10. The molecule has 0 radical (unpaired) electrons. The number of hydrogen-bond acceptors (Lipinski definition) is 6. The molecule has 7 nitrogen and oxygen atoms in total. The average Bonchev–Trinajstić information content (AvgIpc) is 2.69. The van der Waals surface area contributed by atoms with E-state index in [-0.39, 0.29) is 16.9 Å². The molecule has 166 valence electrons. The Hall–Kier alpha value is -3.08. The maximum atomic E-state index is 14.8. The van der Waals surface area contributed by atoms with Crippen LogP contribution in [0.1, 0.15) is 29.4 Å². The Bertz CT molecular complexity index is 1030. The Morgan fingerprint density at radius 2 is 2.10 bits per heavy atom. The van der Waals surface area contributed by atoms with E-state index in [1.54, 1.807) is 0 Å². The zero-order valence-corrected chi connectivity index (χ0v) is 17.0. The summed E-state index contributed by atoms with van der Waals surface area (Å²) in [6.07, 6.45) is -6.43. The number of pyridine rings is 1. The third-order valence-corrected chi connectivity index (χ3v) is 4.91. The Morgan fingerprint density at radius 1 is 1.39 bits per heavy atom. The summed E-state index contributed by atoms with van der Waals surface area (Å²) in [5.41, 5.74) is 3.47. The molecule has 2 unspecified atom stereocenters. The van der Waals surface area contributed by atoms with E-state index in [1.807, 2.05) is 0 Å². The molecular weight excluding hydrogens is 444 g/mol. The van der Waals surface area contributed by atoms with E-state index in [9.17, 15) is 22.4 Å². The zero-order chi connectivity index (χ0) is 23.0. The largest absolute Gasteiger partial charge is 0.495 e. The van der Waals surface area contributed by atoms with Gasteiger partial charge in [-0.05, 0) is 31.2 Å². The lowest BCUT2D eigenvalue weighted by atomic mass is 9.85. The monoisotopic (exact) mass is 460 g/mol. The number of nitrogens with zero attached hydrogens (tertiary/aromatic N) is 2. The van der Waals surface area contributed by atoms with E-state index in [1.165, 1.54) is 32.4 Å². The number of amides is 1. The second-order valence-corrected chi connectivity index (χ2v) is 7.34. The molecule has 2 atom stereocenters. The molecule has 0 saturated carbocycles. The number of anilines is 1. The van der Waals surface area contributed by atoms with Gasteiger partial charge in [-0.25, -0.2) is 14.4 Å². The van der Waals surface area contributed by atoms with Crippen LogP contribution in [0.4, 0.5) is 23.2 Å². The molecule has 2 aromatic rings. The van der Waals surface area contributed by atoms with Crippen LogP contribution in [0, 0.1) is 5.82 Å². The highest BCUT2D eigenvalue weighted by Gasteiger charge is 2.50. The summed E-state index contributed by atoms with van der Waals surface area (Å²) in [6, 6.07) is 4.46. The number of amidine groups is 1. The highest BCUT2D eigenvalue weighted by atomic mass is 35.5. The number of ether oxygens (including phenoxy) is 2. The molecule has 0 fully saturated rings. The first kappa shape index (κ1) is 22.6. The average molecular weight is 461 g/mol. The van der Waals surface area contributed by atoms with E-state index in [4.69, 9.17) is 22.1 Å². The van der Waals surface area contributed by atoms with Crippen molar-refractivity contribution >= 4 is 29.2 Å². The highest BCUT2D eigenvalue weighted by molar-refractivity contribution is 6.31. The molecule has 1 aromatic carbocycles. The normalized spacial score (nSPS) is 21.1. The number of carbonyl (C=O) groups is 1. The van der Waals surface area contributed by atoms with Crippen LogP contribution in [0.3, 0.4) is 0 Å². The second kappa shape index (κ2) is 8.22. The van der Waals surface area contributed by atoms with Gasteiger partial charge < -0.3 is 20.5 Å². The van der Waals surface area contributed by atoms with E-state index in [0.717, 1.165) is 12.1 Å². The number of halogens is 5. The number of carbonyl (C=O) groups excluding carboxylic acids is 1. The van der Waals surface area contributed by atoms with Gasteiger partial charge in [-0.1, -0.05) is 11.6 Å². The lowest BCUT2D eigenvalue weighted by Gasteiger charge is -2.36. The summed E-state index contributed by atoms with van der Waals surface area (Å²) in [7, 11) is 1.44. The number of nitrogens with two attached hydrogens (primary N) is 1. The van der Waals surface area contributed by atoms with Crippen molar-refractivity contribution in [3.05, 3.63) is 52.6 Å². The van der Waals surface area contributed by atoms with Crippen LogP contribution in [0.15, 0.2) is 35.5 Å². The minimum atomic E-state index is -4.74. The molecule has 3 rings (SSSR count). The molecule has 0 spiro atoms. The fourth-order valence-corrected chi connectivity index (χ4v) is 3.32. The molecule has 1 aliphatic heterocycles. The van der Waals surface area contributed by atoms with Crippen LogP contribution in [0.2, 0.25) is 5.02 Å². The van der Waals surface area contributed by atoms with Crippen molar-refractivity contribution < 1.29 is 31.8 Å². The Labute approximate surface area is 179 Å². The summed E-state index contributed by atoms with van der Waals surface area (Å²) < 4.78 is 64.0. The van der Waals surface area contributed by atoms with Crippen molar-refractivity contribution in [1.82, 2.24) is 4.98 Å². The zero-order valence-electron chi connectivity index (χ0n) is 16.3. The van der Waals surface area contributed by atoms with Gasteiger partial charge in [-0.3, -0.25) is 4.79 Å². The van der Waals surface area contributed by atoms with Gasteiger partial charge in [0.15, 0.2) is 6.10 Å². The summed E-state index contributed by atoms with van der Waals surface area (Å²) >= 11 is 5.94. The number of aromatic nitrogens is 1. The lowest BCUT2D eigenvalue weighted by Crippen LogP contribution is -2.46. The topological polar surface area (TPSA) is 98.8 Å². The van der Waals surface area contributed by atoms with Gasteiger partial charge >= 0.3 is 6.18 Å². The molecule has 0 saturated heterocycles. The molecule has 31 heavy (non-hydrogen) atoms. The molecule has 1 aliphatic rings. The fraction of sp³-hybridized carbons (Fsp3) is 0.316. The minimum Gasteiger partial charge on any atom is -0.495 e. The van der Waals surface area contributed by atoms with Crippen LogP contribution in [0.25, 0.3) is 0 Å². The van der Waals surface area contributed by atoms with E-state index < -0.39 is 47.0 Å². The Kier molecular flexibility index (Phi) is 5.99. The summed E-state index contributed by atoms with van der Waals surface area (Å²) in [4.78, 5) is 20.3. The summed E-state index contributed by atoms with van der Waals surface area (Å²) in [5.74, 6) is -1.19. The lowest BCUT2D eigenvalue weighted by molar-refractivity contribution is -0.208. The minimum absolute atomic E-state index is 0.0273. The molecule has 1 aromatic heterocycles. The van der Waals surface area contributed by atoms with Crippen molar-refractivity contribution in [2.75, 3.05) is 12.4 Å². The maximum Gasteiger partial charge on any atom is 0.425 e. The Morgan fingerprint density at radius 3 is 2.68 bits per heavy atom. The number of hydrogen-bond donors (Lipinski definition) is 2. The molecule has 2 heterocycles. The standard InChI is InChI=1S/C19H17ClF4N4O3/c1-18(7-14(19(22,23)24)31-17(25)28-18)11-5-9(6-12(20)15(11)21)27-16(29)13-4-3-10(30-2)8-26-13/h3-6,8,14H,7H2,1-2H3,(H2,25,28)(H,27,29). The second-order valence-electron chi connectivity index (χ2n) is 6.93. The van der Waals surface area contributed by atoms with Crippen LogP contribution in [-0.2, 0) is 10.3 Å². The number of benzene rings is 1. The molecule has 12 heteroatoms.